The molecule has 1 saturated carbocycles. The van der Waals surface area contributed by atoms with Gasteiger partial charge in [-0.15, -0.1) is 0 Å². The molecule has 5 nitrogen and oxygen atoms in total. The summed E-state index contributed by atoms with van der Waals surface area (Å²) in [5.74, 6) is 0.250. The summed E-state index contributed by atoms with van der Waals surface area (Å²) < 4.78 is 1.08. The van der Waals surface area contributed by atoms with Gasteiger partial charge in [-0.05, 0) is 37.0 Å². The Morgan fingerprint density at radius 3 is 2.35 bits per heavy atom. The zero-order chi connectivity index (χ0) is 17.9. The molecule has 4 rings (SSSR count). The van der Waals surface area contributed by atoms with Crippen LogP contribution in [0.5, 0.6) is 0 Å². The van der Waals surface area contributed by atoms with Gasteiger partial charge in [-0.1, -0.05) is 47.3 Å². The Bertz CT molecular complexity index is 609. The highest BCUT2D eigenvalue weighted by molar-refractivity contribution is 9.10. The van der Waals surface area contributed by atoms with Crippen molar-refractivity contribution in [1.29, 1.82) is 0 Å². The first kappa shape index (κ1) is 18.4. The number of piperazine rings is 1. The Kier molecular flexibility index (Phi) is 5.93. The SMILES string of the molecule is O=C(C1CC(c2ccc(Br)cc2)NN1)N1CCN(C2CCCCC2)CC1. The fraction of sp³-hybridized carbons (Fsp3) is 0.650. The van der Waals surface area contributed by atoms with Crippen LogP contribution in [0, 0.1) is 0 Å². The van der Waals surface area contributed by atoms with Crippen molar-refractivity contribution < 1.29 is 4.79 Å². The van der Waals surface area contributed by atoms with Gasteiger partial charge in [0.15, 0.2) is 0 Å². The number of benzene rings is 1. The van der Waals surface area contributed by atoms with Crippen LogP contribution in [0.25, 0.3) is 0 Å². The molecule has 2 heterocycles. The van der Waals surface area contributed by atoms with Crippen molar-refractivity contribution in [1.82, 2.24) is 20.7 Å². The molecule has 2 saturated heterocycles. The Balaban J connectivity index is 1.28. The summed E-state index contributed by atoms with van der Waals surface area (Å²) in [7, 11) is 0. The van der Waals surface area contributed by atoms with E-state index < -0.39 is 0 Å². The highest BCUT2D eigenvalue weighted by Gasteiger charge is 2.35. The molecular formula is C20H29BrN4O. The van der Waals surface area contributed by atoms with Gasteiger partial charge in [0.1, 0.15) is 6.04 Å². The van der Waals surface area contributed by atoms with Crippen LogP contribution in [0.3, 0.4) is 0 Å². The molecule has 0 aromatic heterocycles. The predicted octanol–water partition coefficient (Wildman–Crippen LogP) is 2.83. The van der Waals surface area contributed by atoms with Crippen molar-refractivity contribution in [3.63, 3.8) is 0 Å². The minimum Gasteiger partial charge on any atom is -0.339 e. The van der Waals surface area contributed by atoms with Crippen LogP contribution in [-0.4, -0.2) is 54.0 Å². The molecule has 142 valence electrons. The average molecular weight is 421 g/mol. The third-order valence-corrected chi connectivity index (χ3v) is 6.72. The summed E-state index contributed by atoms with van der Waals surface area (Å²) in [6.45, 7) is 3.81. The van der Waals surface area contributed by atoms with E-state index in [-0.39, 0.29) is 18.0 Å². The number of rotatable bonds is 3. The van der Waals surface area contributed by atoms with Gasteiger partial charge in [0, 0.05) is 42.7 Å². The summed E-state index contributed by atoms with van der Waals surface area (Å²) in [5, 5.41) is 0. The number of halogens is 1. The zero-order valence-electron chi connectivity index (χ0n) is 15.3. The van der Waals surface area contributed by atoms with E-state index in [1.165, 1.54) is 37.7 Å². The lowest BCUT2D eigenvalue weighted by Crippen LogP contribution is -2.55. The number of hydrogen-bond donors (Lipinski definition) is 2. The van der Waals surface area contributed by atoms with Crippen molar-refractivity contribution in [2.24, 2.45) is 0 Å². The van der Waals surface area contributed by atoms with E-state index >= 15 is 0 Å². The summed E-state index contributed by atoms with van der Waals surface area (Å²) in [6.07, 6.45) is 7.64. The van der Waals surface area contributed by atoms with Gasteiger partial charge in [0.05, 0.1) is 0 Å². The van der Waals surface area contributed by atoms with Crippen molar-refractivity contribution in [2.75, 3.05) is 26.2 Å². The number of nitrogens with one attached hydrogen (secondary N) is 2. The second-order valence-electron chi connectivity index (χ2n) is 7.83. The molecule has 1 aromatic carbocycles. The quantitative estimate of drug-likeness (QED) is 0.788. The van der Waals surface area contributed by atoms with E-state index in [9.17, 15) is 4.79 Å². The van der Waals surface area contributed by atoms with Gasteiger partial charge in [0.2, 0.25) is 5.91 Å². The molecule has 3 aliphatic rings. The second kappa shape index (κ2) is 8.38. The van der Waals surface area contributed by atoms with Gasteiger partial charge < -0.3 is 4.90 Å². The maximum absolute atomic E-state index is 12.9. The van der Waals surface area contributed by atoms with Crippen LogP contribution in [0.1, 0.15) is 50.1 Å². The van der Waals surface area contributed by atoms with Crippen LogP contribution in [0.4, 0.5) is 0 Å². The number of carbonyl (C=O) groups is 1. The fourth-order valence-electron chi connectivity index (χ4n) is 4.61. The van der Waals surface area contributed by atoms with Crippen LogP contribution in [0.15, 0.2) is 28.7 Å². The molecule has 1 amide bonds. The third-order valence-electron chi connectivity index (χ3n) is 6.19. The lowest BCUT2D eigenvalue weighted by Gasteiger charge is -2.41. The molecule has 2 aliphatic heterocycles. The van der Waals surface area contributed by atoms with Crippen LogP contribution in [-0.2, 0) is 4.79 Å². The summed E-state index contributed by atoms with van der Waals surface area (Å²) in [4.78, 5) is 17.6. The van der Waals surface area contributed by atoms with Gasteiger partial charge in [-0.2, -0.15) is 0 Å². The van der Waals surface area contributed by atoms with Crippen molar-refractivity contribution in [2.45, 2.75) is 56.7 Å². The van der Waals surface area contributed by atoms with Gasteiger partial charge in [0.25, 0.3) is 0 Å². The normalized spacial score (nSPS) is 28.4. The van der Waals surface area contributed by atoms with E-state index in [1.807, 2.05) is 0 Å². The standard InChI is InChI=1S/C20H29BrN4O/c21-16-8-6-15(7-9-16)18-14-19(23-22-18)20(26)25-12-10-24(11-13-25)17-4-2-1-3-5-17/h6-9,17-19,22-23H,1-5,10-14H2. The summed E-state index contributed by atoms with van der Waals surface area (Å²) in [5.41, 5.74) is 7.75. The maximum Gasteiger partial charge on any atom is 0.241 e. The van der Waals surface area contributed by atoms with Crippen molar-refractivity contribution in [3.8, 4) is 0 Å². The number of amides is 1. The second-order valence-corrected chi connectivity index (χ2v) is 8.75. The van der Waals surface area contributed by atoms with Gasteiger partial charge >= 0.3 is 0 Å². The molecular weight excluding hydrogens is 392 g/mol. The minimum atomic E-state index is -0.120. The molecule has 0 radical (unpaired) electrons. The number of carbonyl (C=O) groups excluding carboxylic acids is 1. The molecule has 2 atom stereocenters. The van der Waals surface area contributed by atoms with Crippen molar-refractivity contribution in [3.05, 3.63) is 34.3 Å². The van der Waals surface area contributed by atoms with E-state index in [0.717, 1.165) is 43.1 Å². The first-order chi connectivity index (χ1) is 12.7. The first-order valence-electron chi connectivity index (χ1n) is 10.00. The molecule has 2 N–H and O–H groups in total. The Morgan fingerprint density at radius 1 is 0.962 bits per heavy atom. The summed E-state index contributed by atoms with van der Waals surface area (Å²) >= 11 is 3.47. The fourth-order valence-corrected chi connectivity index (χ4v) is 4.87. The van der Waals surface area contributed by atoms with Gasteiger partial charge in [-0.25, -0.2) is 10.9 Å². The Labute approximate surface area is 164 Å². The molecule has 0 bridgehead atoms. The van der Waals surface area contributed by atoms with E-state index in [4.69, 9.17) is 0 Å². The van der Waals surface area contributed by atoms with Crippen LogP contribution in [0.2, 0.25) is 0 Å². The summed E-state index contributed by atoms with van der Waals surface area (Å²) in [6, 6.07) is 9.16. The first-order valence-corrected chi connectivity index (χ1v) is 10.8. The van der Waals surface area contributed by atoms with Crippen LogP contribution < -0.4 is 10.9 Å². The lowest BCUT2D eigenvalue weighted by molar-refractivity contribution is -0.135. The third kappa shape index (κ3) is 4.14. The molecule has 3 fully saturated rings. The average Bonchev–Trinajstić information content (AvgIpc) is 3.19. The number of nitrogens with zero attached hydrogens (tertiary/aromatic N) is 2. The molecule has 2 unspecified atom stereocenters. The predicted molar refractivity (Wildman–Crippen MR) is 107 cm³/mol. The van der Waals surface area contributed by atoms with Crippen molar-refractivity contribution >= 4 is 21.8 Å². The Morgan fingerprint density at radius 2 is 1.65 bits per heavy atom. The van der Waals surface area contributed by atoms with Gasteiger partial charge in [-0.3, -0.25) is 9.69 Å². The lowest BCUT2D eigenvalue weighted by atomic mass is 9.94. The maximum atomic E-state index is 12.9. The topological polar surface area (TPSA) is 47.6 Å². The highest BCUT2D eigenvalue weighted by atomic mass is 79.9. The molecule has 1 aliphatic carbocycles. The zero-order valence-corrected chi connectivity index (χ0v) is 16.9. The van der Waals surface area contributed by atoms with E-state index in [0.29, 0.717) is 0 Å². The molecule has 1 aromatic rings. The number of hydrogen-bond acceptors (Lipinski definition) is 4. The van der Waals surface area contributed by atoms with E-state index in [2.05, 4.69) is 60.8 Å². The van der Waals surface area contributed by atoms with Crippen LogP contribution >= 0.6 is 15.9 Å². The number of hydrazine groups is 1. The smallest absolute Gasteiger partial charge is 0.241 e. The molecule has 0 spiro atoms. The monoisotopic (exact) mass is 420 g/mol. The highest BCUT2D eigenvalue weighted by Crippen LogP contribution is 2.26. The minimum absolute atomic E-state index is 0.120. The molecule has 6 heteroatoms. The molecule has 26 heavy (non-hydrogen) atoms. The Hall–Kier alpha value is -0.950. The van der Waals surface area contributed by atoms with E-state index in [1.54, 1.807) is 0 Å². The largest absolute Gasteiger partial charge is 0.339 e.